The van der Waals surface area contributed by atoms with Crippen molar-refractivity contribution in [3.8, 4) is 11.4 Å². The van der Waals surface area contributed by atoms with Crippen LogP contribution in [0, 0.1) is 0 Å². The molecule has 0 aliphatic carbocycles. The van der Waals surface area contributed by atoms with E-state index in [1.54, 1.807) is 36.0 Å². The number of benzene rings is 2. The Morgan fingerprint density at radius 2 is 1.94 bits per heavy atom. The molecule has 1 heterocycles. The zero-order chi connectivity index (χ0) is 22.2. The Hall–Kier alpha value is -1.93. The first-order valence-electron chi connectivity index (χ1n) is 9.65. The first kappa shape index (κ1) is 23.7. The van der Waals surface area contributed by atoms with E-state index >= 15 is 0 Å². The van der Waals surface area contributed by atoms with Crippen LogP contribution < -0.4 is 10.1 Å². The number of hydrogen-bond acceptors (Lipinski definition) is 5. The number of unbranched alkanes of at least 4 members (excludes halogenated alkanes) is 1. The van der Waals surface area contributed by atoms with Crippen LogP contribution in [0.25, 0.3) is 5.69 Å². The third-order valence-electron chi connectivity index (χ3n) is 4.19. The minimum Gasteiger partial charge on any atom is -0.482 e. The lowest BCUT2D eigenvalue weighted by Gasteiger charge is -2.12. The summed E-state index contributed by atoms with van der Waals surface area (Å²) in [6.45, 7) is 2.14. The molecule has 0 radical (unpaired) electrons. The zero-order valence-corrected chi connectivity index (χ0v) is 19.9. The van der Waals surface area contributed by atoms with Crippen molar-refractivity contribution in [1.29, 1.82) is 0 Å². The lowest BCUT2D eigenvalue weighted by molar-refractivity contribution is -0.123. The highest BCUT2D eigenvalue weighted by atomic mass is 35.5. The third kappa shape index (κ3) is 6.77. The molecule has 0 atom stereocenters. The van der Waals surface area contributed by atoms with Gasteiger partial charge in [0.1, 0.15) is 5.75 Å². The molecule has 0 spiro atoms. The second kappa shape index (κ2) is 11.6. The van der Waals surface area contributed by atoms with E-state index in [4.69, 9.17) is 39.5 Å². The second-order valence-corrected chi connectivity index (χ2v) is 8.90. The summed E-state index contributed by atoms with van der Waals surface area (Å²) in [4.78, 5) is 12.3. The van der Waals surface area contributed by atoms with Crippen LogP contribution in [0.5, 0.6) is 5.75 Å². The van der Waals surface area contributed by atoms with Gasteiger partial charge in [0.25, 0.3) is 5.91 Å². The standard InChI is InChI=1S/C21H21Cl3N4O2S/c1-2-3-9-31-21-27-26-19(28(21)16-6-4-5-14(22)10-16)12-25-20(29)13-30-18-8-7-15(23)11-17(18)24/h4-8,10-11H,2-3,9,12-13H2,1H3,(H,25,29). The van der Waals surface area contributed by atoms with Crippen molar-refractivity contribution in [3.63, 3.8) is 0 Å². The molecule has 1 N–H and O–H groups in total. The number of carbonyl (C=O) groups is 1. The number of halogens is 3. The van der Waals surface area contributed by atoms with Gasteiger partial charge in [-0.1, -0.05) is 66.0 Å². The van der Waals surface area contributed by atoms with Gasteiger partial charge in [-0.15, -0.1) is 10.2 Å². The van der Waals surface area contributed by atoms with E-state index in [0.29, 0.717) is 26.6 Å². The van der Waals surface area contributed by atoms with Gasteiger partial charge in [-0.25, -0.2) is 0 Å². The van der Waals surface area contributed by atoms with Gasteiger partial charge in [0.05, 0.1) is 17.3 Å². The van der Waals surface area contributed by atoms with Gasteiger partial charge in [0.15, 0.2) is 17.6 Å². The Morgan fingerprint density at radius 3 is 2.68 bits per heavy atom. The average molecular weight is 500 g/mol. The van der Waals surface area contributed by atoms with Crippen LogP contribution in [-0.2, 0) is 11.3 Å². The molecular formula is C21H21Cl3N4O2S. The van der Waals surface area contributed by atoms with Crippen LogP contribution in [0.3, 0.4) is 0 Å². The Balaban J connectivity index is 1.68. The molecule has 3 rings (SSSR count). The lowest BCUT2D eigenvalue weighted by Crippen LogP contribution is -2.29. The van der Waals surface area contributed by atoms with Crippen LogP contribution >= 0.6 is 46.6 Å². The van der Waals surface area contributed by atoms with Gasteiger partial charge >= 0.3 is 0 Å². The molecular weight excluding hydrogens is 479 g/mol. The highest BCUT2D eigenvalue weighted by Crippen LogP contribution is 2.27. The van der Waals surface area contributed by atoms with Gasteiger partial charge in [0.2, 0.25) is 0 Å². The fourth-order valence-electron chi connectivity index (χ4n) is 2.65. The molecule has 2 aromatic carbocycles. The summed E-state index contributed by atoms with van der Waals surface area (Å²) in [6.07, 6.45) is 2.17. The van der Waals surface area contributed by atoms with Crippen molar-refractivity contribution in [3.05, 3.63) is 63.4 Å². The normalized spacial score (nSPS) is 10.8. The number of amides is 1. The summed E-state index contributed by atoms with van der Waals surface area (Å²) in [5.41, 5.74) is 0.838. The summed E-state index contributed by atoms with van der Waals surface area (Å²) in [5.74, 6) is 1.60. The maximum absolute atomic E-state index is 12.3. The second-order valence-electron chi connectivity index (χ2n) is 6.56. The number of carbonyl (C=O) groups excluding carboxylic acids is 1. The monoisotopic (exact) mass is 498 g/mol. The van der Waals surface area contributed by atoms with E-state index in [9.17, 15) is 4.79 Å². The molecule has 1 amide bonds. The number of hydrogen-bond donors (Lipinski definition) is 1. The minimum atomic E-state index is -0.313. The summed E-state index contributed by atoms with van der Waals surface area (Å²) < 4.78 is 7.38. The van der Waals surface area contributed by atoms with Crippen molar-refractivity contribution >= 4 is 52.5 Å². The molecule has 0 fully saturated rings. The molecule has 164 valence electrons. The molecule has 10 heteroatoms. The molecule has 0 bridgehead atoms. The first-order chi connectivity index (χ1) is 15.0. The van der Waals surface area contributed by atoms with E-state index < -0.39 is 0 Å². The van der Waals surface area contributed by atoms with Gasteiger partial charge in [0, 0.05) is 15.8 Å². The summed E-state index contributed by atoms with van der Waals surface area (Å²) in [6, 6.07) is 12.3. The SMILES string of the molecule is CCCCSc1nnc(CNC(=O)COc2ccc(Cl)cc2Cl)n1-c1cccc(Cl)c1. The molecule has 0 saturated heterocycles. The zero-order valence-electron chi connectivity index (χ0n) is 16.8. The Labute approximate surface area is 200 Å². The topological polar surface area (TPSA) is 69.0 Å². The van der Waals surface area contributed by atoms with Gasteiger partial charge in [-0.3, -0.25) is 9.36 Å². The quantitative estimate of drug-likeness (QED) is 0.281. The fraction of sp³-hybridized carbons (Fsp3) is 0.286. The van der Waals surface area contributed by atoms with Crippen LogP contribution in [-0.4, -0.2) is 33.0 Å². The Morgan fingerprint density at radius 1 is 1.13 bits per heavy atom. The van der Waals surface area contributed by atoms with Crippen LogP contribution in [0.15, 0.2) is 47.6 Å². The molecule has 0 aliphatic heterocycles. The van der Waals surface area contributed by atoms with Gasteiger partial charge in [-0.2, -0.15) is 0 Å². The predicted molar refractivity (Wildman–Crippen MR) is 126 cm³/mol. The Bertz CT molecular complexity index is 1050. The highest BCUT2D eigenvalue weighted by molar-refractivity contribution is 7.99. The number of nitrogens with one attached hydrogen (secondary N) is 1. The number of aromatic nitrogens is 3. The summed E-state index contributed by atoms with van der Waals surface area (Å²) in [7, 11) is 0. The third-order valence-corrected chi connectivity index (χ3v) is 5.97. The predicted octanol–water partition coefficient (Wildman–Crippen LogP) is 5.81. The van der Waals surface area contributed by atoms with Crippen molar-refractivity contribution in [1.82, 2.24) is 20.1 Å². The number of nitrogens with zero attached hydrogens (tertiary/aromatic N) is 3. The Kier molecular flexibility index (Phi) is 8.90. The molecule has 6 nitrogen and oxygen atoms in total. The average Bonchev–Trinajstić information content (AvgIpc) is 3.14. The van der Waals surface area contributed by atoms with Crippen molar-refractivity contribution in [2.75, 3.05) is 12.4 Å². The van der Waals surface area contributed by atoms with Crippen molar-refractivity contribution in [2.45, 2.75) is 31.5 Å². The van der Waals surface area contributed by atoms with Gasteiger partial charge in [-0.05, 0) is 42.8 Å². The summed E-state index contributed by atoms with van der Waals surface area (Å²) in [5, 5.41) is 13.6. The largest absolute Gasteiger partial charge is 0.482 e. The number of thioether (sulfide) groups is 1. The molecule has 0 aliphatic rings. The van der Waals surface area contributed by atoms with Crippen LogP contribution in [0.1, 0.15) is 25.6 Å². The minimum absolute atomic E-state index is 0.185. The van der Waals surface area contributed by atoms with Crippen molar-refractivity contribution in [2.24, 2.45) is 0 Å². The van der Waals surface area contributed by atoms with E-state index in [2.05, 4.69) is 22.4 Å². The van der Waals surface area contributed by atoms with E-state index in [1.165, 1.54) is 0 Å². The molecule has 1 aromatic heterocycles. The maximum Gasteiger partial charge on any atom is 0.258 e. The highest BCUT2D eigenvalue weighted by Gasteiger charge is 2.16. The maximum atomic E-state index is 12.3. The van der Waals surface area contributed by atoms with Gasteiger partial charge < -0.3 is 10.1 Å². The molecule has 31 heavy (non-hydrogen) atoms. The van der Waals surface area contributed by atoms with E-state index in [1.807, 2.05) is 22.8 Å². The smallest absolute Gasteiger partial charge is 0.258 e. The first-order valence-corrected chi connectivity index (χ1v) is 11.8. The lowest BCUT2D eigenvalue weighted by atomic mass is 10.3. The number of ether oxygens (including phenoxy) is 1. The van der Waals surface area contributed by atoms with Crippen molar-refractivity contribution < 1.29 is 9.53 Å². The van der Waals surface area contributed by atoms with Crippen LogP contribution in [0.2, 0.25) is 15.1 Å². The molecule has 0 saturated carbocycles. The molecule has 3 aromatic rings. The molecule has 0 unspecified atom stereocenters. The van der Waals surface area contributed by atoms with E-state index in [0.717, 1.165) is 29.4 Å². The van der Waals surface area contributed by atoms with E-state index in [-0.39, 0.29) is 19.1 Å². The fourth-order valence-corrected chi connectivity index (χ4v) is 4.36. The number of rotatable bonds is 10. The van der Waals surface area contributed by atoms with Crippen LogP contribution in [0.4, 0.5) is 0 Å². The summed E-state index contributed by atoms with van der Waals surface area (Å²) >= 11 is 19.7.